The third-order valence-electron chi connectivity index (χ3n) is 16.0. The molecular formula is C69H137NO8P+. The third-order valence-corrected chi connectivity index (χ3v) is 17.0. The molecule has 470 valence electrons. The molecule has 0 aliphatic rings. The van der Waals surface area contributed by atoms with E-state index in [1.807, 2.05) is 21.1 Å². The van der Waals surface area contributed by atoms with E-state index in [9.17, 15) is 19.0 Å². The number of ether oxygens (including phenoxy) is 2. The normalized spacial score (nSPS) is 13.1. The zero-order valence-electron chi connectivity index (χ0n) is 53.7. The van der Waals surface area contributed by atoms with Gasteiger partial charge in [-0.3, -0.25) is 18.6 Å². The molecule has 10 heteroatoms. The smallest absolute Gasteiger partial charge is 0.462 e. The van der Waals surface area contributed by atoms with Crippen LogP contribution in [0.4, 0.5) is 0 Å². The Morgan fingerprint density at radius 1 is 0.380 bits per heavy atom. The van der Waals surface area contributed by atoms with E-state index in [1.165, 1.54) is 302 Å². The number of carbonyl (C=O) groups is 2. The number of carbonyl (C=O) groups excluding carboxylic acids is 2. The van der Waals surface area contributed by atoms with Crippen LogP contribution in [0.5, 0.6) is 0 Å². The van der Waals surface area contributed by atoms with Crippen molar-refractivity contribution in [1.82, 2.24) is 0 Å². The summed E-state index contributed by atoms with van der Waals surface area (Å²) in [5.74, 6) is -0.774. The molecule has 79 heavy (non-hydrogen) atoms. The van der Waals surface area contributed by atoms with Crippen LogP contribution >= 0.6 is 7.82 Å². The maximum absolute atomic E-state index is 12.9. The molecule has 0 spiro atoms. The highest BCUT2D eigenvalue weighted by Gasteiger charge is 2.27. The molecule has 0 aliphatic carbocycles. The maximum atomic E-state index is 12.9. The van der Waals surface area contributed by atoms with Gasteiger partial charge in [-0.25, -0.2) is 4.57 Å². The molecule has 0 rings (SSSR count). The number of allylic oxidation sites excluding steroid dienone is 2. The van der Waals surface area contributed by atoms with Gasteiger partial charge in [0.2, 0.25) is 0 Å². The molecular weight excluding hydrogens is 1000 g/mol. The van der Waals surface area contributed by atoms with Crippen molar-refractivity contribution in [3.05, 3.63) is 12.2 Å². The van der Waals surface area contributed by atoms with Crippen molar-refractivity contribution >= 4 is 19.8 Å². The predicted molar refractivity (Wildman–Crippen MR) is 340 cm³/mol. The van der Waals surface area contributed by atoms with Crippen molar-refractivity contribution in [3.63, 3.8) is 0 Å². The predicted octanol–water partition coefficient (Wildman–Crippen LogP) is 22.3. The van der Waals surface area contributed by atoms with E-state index < -0.39 is 26.5 Å². The Hall–Kier alpha value is -1.25. The molecule has 0 saturated carbocycles. The molecule has 2 atom stereocenters. The fraction of sp³-hybridized carbons (Fsp3) is 0.942. The number of nitrogens with zero attached hydrogens (tertiary/aromatic N) is 1. The van der Waals surface area contributed by atoms with Gasteiger partial charge in [-0.2, -0.15) is 0 Å². The quantitative estimate of drug-likeness (QED) is 0.0211. The highest BCUT2D eigenvalue weighted by molar-refractivity contribution is 7.47. The molecule has 0 heterocycles. The number of quaternary nitrogens is 1. The zero-order chi connectivity index (χ0) is 57.7. The van der Waals surface area contributed by atoms with Crippen molar-refractivity contribution in [2.75, 3.05) is 47.5 Å². The van der Waals surface area contributed by atoms with Crippen molar-refractivity contribution in [1.29, 1.82) is 0 Å². The number of hydrogen-bond acceptors (Lipinski definition) is 7. The Kier molecular flexibility index (Phi) is 60.3. The van der Waals surface area contributed by atoms with Crippen LogP contribution in [-0.2, 0) is 32.7 Å². The van der Waals surface area contributed by atoms with E-state index >= 15 is 0 Å². The van der Waals surface area contributed by atoms with Gasteiger partial charge < -0.3 is 18.9 Å². The molecule has 0 aromatic carbocycles. The number of rotatable bonds is 66. The van der Waals surface area contributed by atoms with Gasteiger partial charge in [0.25, 0.3) is 0 Å². The summed E-state index contributed by atoms with van der Waals surface area (Å²) in [6.07, 6.45) is 74.7. The van der Waals surface area contributed by atoms with Crippen LogP contribution in [0.1, 0.15) is 367 Å². The van der Waals surface area contributed by atoms with Gasteiger partial charge in [-0.1, -0.05) is 328 Å². The summed E-state index contributed by atoms with van der Waals surface area (Å²) < 4.78 is 34.7. The molecule has 0 aromatic heterocycles. The van der Waals surface area contributed by atoms with Crippen LogP contribution in [0.2, 0.25) is 0 Å². The first-order chi connectivity index (χ1) is 38.5. The lowest BCUT2D eigenvalue weighted by atomic mass is 10.0. The fourth-order valence-electron chi connectivity index (χ4n) is 10.7. The number of unbranched alkanes of at least 4 members (excludes halogenated alkanes) is 50. The molecule has 0 aromatic rings. The van der Waals surface area contributed by atoms with Crippen LogP contribution in [0.25, 0.3) is 0 Å². The summed E-state index contributed by atoms with van der Waals surface area (Å²) in [6, 6.07) is 0. The molecule has 0 bridgehead atoms. The second kappa shape index (κ2) is 61.3. The lowest BCUT2D eigenvalue weighted by Crippen LogP contribution is -2.37. The van der Waals surface area contributed by atoms with Crippen LogP contribution < -0.4 is 0 Å². The lowest BCUT2D eigenvalue weighted by molar-refractivity contribution is -0.870. The number of phosphoric ester groups is 1. The van der Waals surface area contributed by atoms with E-state index in [-0.39, 0.29) is 25.6 Å². The van der Waals surface area contributed by atoms with E-state index in [1.54, 1.807) is 0 Å². The molecule has 0 saturated heterocycles. The lowest BCUT2D eigenvalue weighted by Gasteiger charge is -2.24. The largest absolute Gasteiger partial charge is 0.472 e. The number of likely N-dealkylation sites (N-methyl/N-ethyl adjacent to an activating group) is 1. The van der Waals surface area contributed by atoms with Crippen molar-refractivity contribution in [3.8, 4) is 0 Å². The van der Waals surface area contributed by atoms with E-state index in [0.717, 1.165) is 32.1 Å². The summed E-state index contributed by atoms with van der Waals surface area (Å²) in [7, 11) is 1.50. The Balaban J connectivity index is 3.96. The maximum Gasteiger partial charge on any atom is 0.472 e. The third kappa shape index (κ3) is 65.8. The Morgan fingerprint density at radius 2 is 0.646 bits per heavy atom. The standard InChI is InChI=1S/C69H136NO8P/c1-6-8-10-12-14-16-18-20-22-24-26-28-30-31-32-33-34-35-36-37-38-40-41-43-45-47-49-51-53-55-57-59-61-68(71)75-65-67(66-77-79(73,74)76-64-63-70(3,4)5)78-69(72)62-60-58-56-54-52-50-48-46-44-42-39-29-27-25-23-21-19-17-15-13-11-9-7-2/h25,27,67H,6-24,26,28-66H2,1-5H3/p+1/b27-25-. The summed E-state index contributed by atoms with van der Waals surface area (Å²) in [5, 5.41) is 0. The molecule has 9 nitrogen and oxygen atoms in total. The molecule has 1 N–H and O–H groups in total. The molecule has 0 fully saturated rings. The molecule has 0 aliphatic heterocycles. The molecule has 2 unspecified atom stereocenters. The van der Waals surface area contributed by atoms with Crippen molar-refractivity contribution < 1.29 is 42.1 Å². The van der Waals surface area contributed by atoms with Crippen molar-refractivity contribution in [2.24, 2.45) is 0 Å². The van der Waals surface area contributed by atoms with Crippen LogP contribution in [0, 0.1) is 0 Å². The van der Waals surface area contributed by atoms with Gasteiger partial charge in [-0.05, 0) is 38.5 Å². The number of esters is 2. The van der Waals surface area contributed by atoms with E-state index in [0.29, 0.717) is 23.9 Å². The fourth-order valence-corrected chi connectivity index (χ4v) is 11.4. The minimum Gasteiger partial charge on any atom is -0.462 e. The minimum atomic E-state index is -4.39. The van der Waals surface area contributed by atoms with E-state index in [2.05, 4.69) is 26.0 Å². The average Bonchev–Trinajstić information content (AvgIpc) is 3.41. The summed E-state index contributed by atoms with van der Waals surface area (Å²) in [5.41, 5.74) is 0. The van der Waals surface area contributed by atoms with Gasteiger partial charge in [0.1, 0.15) is 19.8 Å². The highest BCUT2D eigenvalue weighted by Crippen LogP contribution is 2.43. The average molecular weight is 1140 g/mol. The number of phosphoric acid groups is 1. The van der Waals surface area contributed by atoms with Crippen molar-refractivity contribution in [2.45, 2.75) is 373 Å². The first kappa shape index (κ1) is 77.8. The Morgan fingerprint density at radius 3 is 0.937 bits per heavy atom. The first-order valence-electron chi connectivity index (χ1n) is 34.9. The molecule has 0 amide bonds. The van der Waals surface area contributed by atoms with Crippen LogP contribution in [0.3, 0.4) is 0 Å². The first-order valence-corrected chi connectivity index (χ1v) is 36.4. The van der Waals surface area contributed by atoms with Crippen LogP contribution in [-0.4, -0.2) is 74.9 Å². The summed E-state index contributed by atoms with van der Waals surface area (Å²) >= 11 is 0. The van der Waals surface area contributed by atoms with E-state index in [4.69, 9.17) is 18.5 Å². The van der Waals surface area contributed by atoms with Gasteiger partial charge in [0.05, 0.1) is 27.7 Å². The zero-order valence-corrected chi connectivity index (χ0v) is 54.5. The monoisotopic (exact) mass is 1140 g/mol. The minimum absolute atomic E-state index is 0.0357. The number of hydrogen-bond donors (Lipinski definition) is 1. The molecule has 0 radical (unpaired) electrons. The highest BCUT2D eigenvalue weighted by atomic mass is 31.2. The van der Waals surface area contributed by atoms with Gasteiger partial charge >= 0.3 is 19.8 Å². The SMILES string of the molecule is CCCCCCCCCC/C=C\CCCCCCCCCCCCCC(=O)OC(COC(=O)CCCCCCCCCCCCCCCCCCCCCCCCCCCCCCCCCC)COP(=O)(O)OCC[N+](C)(C)C. The topological polar surface area (TPSA) is 108 Å². The van der Waals surface area contributed by atoms with Gasteiger partial charge in [-0.15, -0.1) is 0 Å². The summed E-state index contributed by atoms with van der Waals surface area (Å²) in [6.45, 7) is 4.51. The second-order valence-corrected chi connectivity index (χ2v) is 26.7. The van der Waals surface area contributed by atoms with Gasteiger partial charge in [0, 0.05) is 12.8 Å². The Bertz CT molecular complexity index is 1340. The summed E-state index contributed by atoms with van der Waals surface area (Å²) in [4.78, 5) is 35.8. The Labute approximate surface area is 492 Å². The van der Waals surface area contributed by atoms with Gasteiger partial charge in [0.15, 0.2) is 6.10 Å². The second-order valence-electron chi connectivity index (χ2n) is 25.3. The van der Waals surface area contributed by atoms with Crippen LogP contribution in [0.15, 0.2) is 12.2 Å².